The number of esters is 1. The number of carbonyl (C=O) groups is 3. The Hall–Kier alpha value is -2.12. The zero-order valence-corrected chi connectivity index (χ0v) is 20.2. The lowest BCUT2D eigenvalue weighted by Gasteiger charge is -2.45. The van der Waals surface area contributed by atoms with Crippen molar-refractivity contribution in [3.05, 3.63) is 34.9 Å². The van der Waals surface area contributed by atoms with Gasteiger partial charge in [-0.1, -0.05) is 23.7 Å². The maximum atomic E-state index is 12.3. The number of hydrogen-bond donors (Lipinski definition) is 2. The van der Waals surface area contributed by atoms with Crippen molar-refractivity contribution in [2.24, 2.45) is 0 Å². The number of carbonyl (C=O) groups excluding carboxylic acids is 3. The zero-order chi connectivity index (χ0) is 23.6. The summed E-state index contributed by atoms with van der Waals surface area (Å²) in [5.41, 5.74) is 1.33. The molecular formula is C24H36ClN3O4. The van der Waals surface area contributed by atoms with Crippen LogP contribution in [0.5, 0.6) is 0 Å². The molecule has 7 nitrogen and oxygen atoms in total. The second-order valence-electron chi connectivity index (χ2n) is 8.67. The van der Waals surface area contributed by atoms with Gasteiger partial charge in [0, 0.05) is 36.0 Å². The first kappa shape index (κ1) is 26.1. The third kappa shape index (κ3) is 8.43. The molecule has 0 aromatic heterocycles. The highest BCUT2D eigenvalue weighted by atomic mass is 35.5. The number of benzene rings is 1. The van der Waals surface area contributed by atoms with Gasteiger partial charge in [-0.3, -0.25) is 14.4 Å². The highest BCUT2D eigenvalue weighted by Gasteiger charge is 2.37. The average molecular weight is 466 g/mol. The summed E-state index contributed by atoms with van der Waals surface area (Å²) < 4.78 is 4.81. The van der Waals surface area contributed by atoms with Crippen molar-refractivity contribution in [2.75, 3.05) is 27.2 Å². The van der Waals surface area contributed by atoms with E-state index < -0.39 is 0 Å². The maximum Gasteiger partial charge on any atom is 0.307 e. The molecule has 0 aliphatic heterocycles. The molecule has 0 atom stereocenters. The Kier molecular flexibility index (Phi) is 10.5. The average Bonchev–Trinajstić information content (AvgIpc) is 2.75. The van der Waals surface area contributed by atoms with Crippen LogP contribution in [0.4, 0.5) is 0 Å². The smallest absolute Gasteiger partial charge is 0.307 e. The number of nitrogens with zero attached hydrogens (tertiary/aromatic N) is 1. The highest BCUT2D eigenvalue weighted by Crippen LogP contribution is 2.35. The summed E-state index contributed by atoms with van der Waals surface area (Å²) in [6, 6.07) is 8.16. The first-order valence-electron chi connectivity index (χ1n) is 11.4. The Morgan fingerprint density at radius 1 is 1.06 bits per heavy atom. The van der Waals surface area contributed by atoms with E-state index in [1.54, 1.807) is 6.92 Å². The Morgan fingerprint density at radius 2 is 1.69 bits per heavy atom. The molecule has 0 spiro atoms. The molecule has 2 amide bonds. The lowest BCUT2D eigenvalue weighted by atomic mass is 9.75. The van der Waals surface area contributed by atoms with Gasteiger partial charge >= 0.3 is 5.97 Å². The van der Waals surface area contributed by atoms with E-state index >= 15 is 0 Å². The van der Waals surface area contributed by atoms with E-state index in [-0.39, 0.29) is 55.2 Å². The van der Waals surface area contributed by atoms with Crippen molar-refractivity contribution in [1.29, 1.82) is 0 Å². The van der Waals surface area contributed by atoms with Crippen LogP contribution in [0, 0.1) is 0 Å². The molecule has 0 radical (unpaired) electrons. The predicted molar refractivity (Wildman–Crippen MR) is 125 cm³/mol. The van der Waals surface area contributed by atoms with Gasteiger partial charge in [-0.05, 0) is 70.8 Å². The molecule has 32 heavy (non-hydrogen) atoms. The topological polar surface area (TPSA) is 87.7 Å². The predicted octanol–water partition coefficient (Wildman–Crippen LogP) is 3.09. The number of rotatable bonds is 11. The largest absolute Gasteiger partial charge is 0.466 e. The van der Waals surface area contributed by atoms with E-state index in [9.17, 15) is 14.4 Å². The summed E-state index contributed by atoms with van der Waals surface area (Å²) in [4.78, 5) is 37.8. The van der Waals surface area contributed by atoms with Crippen LogP contribution in [0.25, 0.3) is 0 Å². The molecule has 0 bridgehead atoms. The molecule has 1 aromatic rings. The van der Waals surface area contributed by atoms with Crippen LogP contribution in [0.1, 0.15) is 57.4 Å². The van der Waals surface area contributed by atoms with E-state index in [0.717, 1.165) is 37.1 Å². The lowest BCUT2D eigenvalue weighted by molar-refractivity contribution is -0.143. The van der Waals surface area contributed by atoms with E-state index in [1.165, 1.54) is 5.56 Å². The first-order chi connectivity index (χ1) is 15.2. The molecule has 1 aliphatic rings. The second-order valence-corrected chi connectivity index (χ2v) is 9.11. The standard InChI is InChI=1S/C24H36ClN3O4/c1-4-32-23(31)13-16-26-21(29)9-10-22(30)27-20-11-14-24(15-12-20,28(2)3)17-18-5-7-19(25)8-6-18/h5-8,20H,4,9-17H2,1-3H3,(H,26,29)(H,27,30). The minimum atomic E-state index is -0.340. The molecule has 0 unspecified atom stereocenters. The minimum Gasteiger partial charge on any atom is -0.466 e. The molecule has 1 saturated carbocycles. The van der Waals surface area contributed by atoms with Crippen molar-refractivity contribution in [3.8, 4) is 0 Å². The first-order valence-corrected chi connectivity index (χ1v) is 11.8. The summed E-state index contributed by atoms with van der Waals surface area (Å²) in [5, 5.41) is 6.47. The van der Waals surface area contributed by atoms with Gasteiger partial charge in [-0.2, -0.15) is 0 Å². The molecule has 2 N–H and O–H groups in total. The van der Waals surface area contributed by atoms with Crippen LogP contribution in [-0.2, 0) is 25.5 Å². The van der Waals surface area contributed by atoms with Crippen LogP contribution in [0.2, 0.25) is 5.02 Å². The van der Waals surface area contributed by atoms with E-state index in [0.29, 0.717) is 6.61 Å². The number of halogens is 1. The summed E-state index contributed by atoms with van der Waals surface area (Å²) >= 11 is 6.02. The maximum absolute atomic E-state index is 12.3. The monoisotopic (exact) mass is 465 g/mol. The van der Waals surface area contributed by atoms with Gasteiger partial charge in [0.25, 0.3) is 0 Å². The van der Waals surface area contributed by atoms with Gasteiger partial charge in [0.1, 0.15) is 0 Å². The van der Waals surface area contributed by atoms with E-state index in [1.807, 2.05) is 12.1 Å². The second kappa shape index (κ2) is 12.8. The summed E-state index contributed by atoms with van der Waals surface area (Å²) in [7, 11) is 4.24. The Balaban J connectivity index is 1.72. The van der Waals surface area contributed by atoms with Gasteiger partial charge in [0.2, 0.25) is 11.8 Å². The molecule has 1 fully saturated rings. The van der Waals surface area contributed by atoms with Crippen molar-refractivity contribution < 1.29 is 19.1 Å². The fraction of sp³-hybridized carbons (Fsp3) is 0.625. The van der Waals surface area contributed by atoms with Crippen molar-refractivity contribution in [1.82, 2.24) is 15.5 Å². The van der Waals surface area contributed by atoms with Gasteiger partial charge in [-0.25, -0.2) is 0 Å². The third-order valence-corrected chi connectivity index (χ3v) is 6.46. The zero-order valence-electron chi connectivity index (χ0n) is 19.4. The molecule has 8 heteroatoms. The fourth-order valence-corrected chi connectivity index (χ4v) is 4.34. The molecular weight excluding hydrogens is 430 g/mol. The van der Waals surface area contributed by atoms with Crippen LogP contribution >= 0.6 is 11.6 Å². The van der Waals surface area contributed by atoms with E-state index in [4.69, 9.17) is 16.3 Å². The Labute approximate surface area is 196 Å². The fourth-order valence-electron chi connectivity index (χ4n) is 4.22. The number of likely N-dealkylation sites (N-methyl/N-ethyl adjacent to an activating group) is 1. The molecule has 2 rings (SSSR count). The van der Waals surface area contributed by atoms with Gasteiger partial charge in [-0.15, -0.1) is 0 Å². The van der Waals surface area contributed by atoms with Crippen LogP contribution in [0.15, 0.2) is 24.3 Å². The quantitative estimate of drug-likeness (QED) is 0.490. The van der Waals surface area contributed by atoms with Crippen LogP contribution < -0.4 is 10.6 Å². The van der Waals surface area contributed by atoms with Crippen LogP contribution in [0.3, 0.4) is 0 Å². The van der Waals surface area contributed by atoms with Gasteiger partial charge in [0.05, 0.1) is 13.0 Å². The molecule has 178 valence electrons. The Bertz CT molecular complexity index is 759. The van der Waals surface area contributed by atoms with Crippen molar-refractivity contribution >= 4 is 29.4 Å². The SMILES string of the molecule is CCOC(=O)CCNC(=O)CCC(=O)NC1CCC(Cc2ccc(Cl)cc2)(N(C)C)CC1. The van der Waals surface area contributed by atoms with Gasteiger partial charge in [0.15, 0.2) is 0 Å². The third-order valence-electron chi connectivity index (χ3n) is 6.21. The Morgan fingerprint density at radius 3 is 2.28 bits per heavy atom. The highest BCUT2D eigenvalue weighted by molar-refractivity contribution is 6.30. The van der Waals surface area contributed by atoms with E-state index in [2.05, 4.69) is 41.8 Å². The molecule has 1 aromatic carbocycles. The van der Waals surface area contributed by atoms with Crippen molar-refractivity contribution in [2.45, 2.75) is 69.9 Å². The van der Waals surface area contributed by atoms with Crippen molar-refractivity contribution in [3.63, 3.8) is 0 Å². The lowest BCUT2D eigenvalue weighted by Crippen LogP contribution is -2.52. The molecule has 1 aliphatic carbocycles. The normalized spacial score (nSPS) is 20.6. The summed E-state index contributed by atoms with van der Waals surface area (Å²) in [6.45, 7) is 2.29. The molecule has 0 heterocycles. The number of hydrogen-bond acceptors (Lipinski definition) is 5. The number of amides is 2. The van der Waals surface area contributed by atoms with Crippen LogP contribution in [-0.4, -0.2) is 61.5 Å². The van der Waals surface area contributed by atoms with Gasteiger partial charge < -0.3 is 20.3 Å². The summed E-state index contributed by atoms with van der Waals surface area (Å²) in [5.74, 6) is -0.680. The summed E-state index contributed by atoms with van der Waals surface area (Å²) in [6.07, 6.45) is 5.13. The number of ether oxygens (including phenoxy) is 1. The number of nitrogens with one attached hydrogen (secondary N) is 2. The molecule has 0 saturated heterocycles. The minimum absolute atomic E-state index is 0.0634.